The summed E-state index contributed by atoms with van der Waals surface area (Å²) >= 11 is 0. The van der Waals surface area contributed by atoms with Gasteiger partial charge < -0.3 is 4.74 Å². The van der Waals surface area contributed by atoms with E-state index in [0.717, 1.165) is 24.3 Å². The van der Waals surface area contributed by atoms with Gasteiger partial charge in [0.1, 0.15) is 10.6 Å². The van der Waals surface area contributed by atoms with Crippen LogP contribution in [0, 0.1) is 0 Å². The summed E-state index contributed by atoms with van der Waals surface area (Å²) in [5.41, 5.74) is -2.14. The first-order valence-electron chi connectivity index (χ1n) is 9.98. The van der Waals surface area contributed by atoms with Gasteiger partial charge in [0.25, 0.3) is 0 Å². The summed E-state index contributed by atoms with van der Waals surface area (Å²) < 4.78 is 107. The molecule has 0 unspecified atom stereocenters. The number of sulfone groups is 1. The Morgan fingerprint density at radius 1 is 0.944 bits per heavy atom. The SMILES string of the molecule is CCS(=O)(=O)c1ccc(-c2ccc(OC(F)(F)F)cc2)nc1-n1nc2ccc(C(F)(F)F)cn2c1=O. The standard InChI is InChI=1S/C21H14F6N4O4S/c1-2-36(33,34)16-9-8-15(12-3-6-14(7-4-12)35-21(25,26)27)28-18(16)31-19(32)30-11-13(20(22,23)24)5-10-17(30)29-31/h3-11H,2H2,1H3. The van der Waals surface area contributed by atoms with Crippen molar-refractivity contribution in [3.05, 3.63) is 70.8 Å². The van der Waals surface area contributed by atoms with Gasteiger partial charge in [-0.1, -0.05) is 6.92 Å². The predicted octanol–water partition coefficient (Wildman–Crippen LogP) is 4.26. The molecule has 0 amide bonds. The summed E-state index contributed by atoms with van der Waals surface area (Å²) in [6.07, 6.45) is -9.12. The van der Waals surface area contributed by atoms with Crippen LogP contribution in [0.15, 0.2) is 64.4 Å². The number of pyridine rings is 2. The Labute approximate surface area is 198 Å². The molecule has 4 rings (SSSR count). The van der Waals surface area contributed by atoms with Crippen molar-refractivity contribution in [2.45, 2.75) is 24.4 Å². The van der Waals surface area contributed by atoms with Gasteiger partial charge in [0.05, 0.1) is 17.0 Å². The molecule has 0 N–H and O–H groups in total. The molecule has 8 nitrogen and oxygen atoms in total. The molecule has 0 aliphatic heterocycles. The van der Waals surface area contributed by atoms with Crippen molar-refractivity contribution in [2.75, 3.05) is 5.75 Å². The fraction of sp³-hybridized carbons (Fsp3) is 0.190. The Morgan fingerprint density at radius 2 is 1.61 bits per heavy atom. The summed E-state index contributed by atoms with van der Waals surface area (Å²) in [6.45, 7) is 1.34. The maximum Gasteiger partial charge on any atom is 0.573 e. The monoisotopic (exact) mass is 532 g/mol. The summed E-state index contributed by atoms with van der Waals surface area (Å²) in [4.78, 5) is 16.7. The van der Waals surface area contributed by atoms with Crippen LogP contribution < -0.4 is 10.4 Å². The number of benzene rings is 1. The van der Waals surface area contributed by atoms with Crippen molar-refractivity contribution in [1.29, 1.82) is 0 Å². The highest BCUT2D eigenvalue weighted by Gasteiger charge is 2.32. The highest BCUT2D eigenvalue weighted by molar-refractivity contribution is 7.91. The van der Waals surface area contributed by atoms with Crippen molar-refractivity contribution in [3.63, 3.8) is 0 Å². The summed E-state index contributed by atoms with van der Waals surface area (Å²) in [6, 6.07) is 8.53. The third-order valence-electron chi connectivity index (χ3n) is 4.98. The number of fused-ring (bicyclic) bond motifs is 1. The first-order chi connectivity index (χ1) is 16.7. The van der Waals surface area contributed by atoms with E-state index in [9.17, 15) is 39.6 Å². The summed E-state index contributed by atoms with van der Waals surface area (Å²) in [5, 5.41) is 3.93. The van der Waals surface area contributed by atoms with Crippen molar-refractivity contribution < 1.29 is 39.5 Å². The minimum absolute atomic E-state index is 0.0542. The lowest BCUT2D eigenvalue weighted by atomic mass is 10.1. The van der Waals surface area contributed by atoms with Crippen LogP contribution in [0.3, 0.4) is 0 Å². The van der Waals surface area contributed by atoms with Gasteiger partial charge in [-0.15, -0.1) is 18.3 Å². The predicted molar refractivity (Wildman–Crippen MR) is 113 cm³/mol. The topological polar surface area (TPSA) is 95.6 Å². The molecule has 0 spiro atoms. The van der Waals surface area contributed by atoms with Crippen LogP contribution >= 0.6 is 0 Å². The molecule has 36 heavy (non-hydrogen) atoms. The molecule has 0 radical (unpaired) electrons. The lowest BCUT2D eigenvalue weighted by molar-refractivity contribution is -0.274. The Balaban J connectivity index is 1.89. The lowest BCUT2D eigenvalue weighted by Crippen LogP contribution is -2.23. The molecule has 0 saturated heterocycles. The number of nitrogens with zero attached hydrogens (tertiary/aromatic N) is 4. The van der Waals surface area contributed by atoms with Crippen LogP contribution in [-0.4, -0.2) is 39.7 Å². The number of alkyl halides is 6. The maximum absolute atomic E-state index is 13.1. The van der Waals surface area contributed by atoms with Gasteiger partial charge in [-0.05, 0) is 48.5 Å². The molecule has 0 aliphatic rings. The van der Waals surface area contributed by atoms with E-state index in [-0.39, 0.29) is 22.7 Å². The van der Waals surface area contributed by atoms with Gasteiger partial charge in [-0.2, -0.15) is 17.9 Å². The second-order valence-electron chi connectivity index (χ2n) is 7.33. The average molecular weight is 532 g/mol. The second kappa shape index (κ2) is 8.65. The third-order valence-corrected chi connectivity index (χ3v) is 6.73. The largest absolute Gasteiger partial charge is 0.573 e. The van der Waals surface area contributed by atoms with Crippen molar-refractivity contribution >= 4 is 15.5 Å². The van der Waals surface area contributed by atoms with E-state index >= 15 is 0 Å². The molecule has 1 aromatic carbocycles. The Morgan fingerprint density at radius 3 is 2.19 bits per heavy atom. The quantitative estimate of drug-likeness (QED) is 0.357. The molecule has 0 bridgehead atoms. The highest BCUT2D eigenvalue weighted by atomic mass is 32.2. The Kier molecular flexibility index (Phi) is 6.06. The third kappa shape index (κ3) is 4.91. The van der Waals surface area contributed by atoms with E-state index in [1.54, 1.807) is 0 Å². The normalized spacial score (nSPS) is 12.8. The summed E-state index contributed by atoms with van der Waals surface area (Å²) in [7, 11) is -3.99. The summed E-state index contributed by atoms with van der Waals surface area (Å²) in [5.74, 6) is -1.37. The number of hydrogen-bond donors (Lipinski definition) is 0. The fourth-order valence-electron chi connectivity index (χ4n) is 3.25. The molecule has 0 aliphatic carbocycles. The van der Waals surface area contributed by atoms with E-state index in [2.05, 4.69) is 14.8 Å². The molecule has 15 heteroatoms. The lowest BCUT2D eigenvalue weighted by Gasteiger charge is -2.11. The minimum Gasteiger partial charge on any atom is -0.406 e. The molecular weight excluding hydrogens is 518 g/mol. The van der Waals surface area contributed by atoms with Gasteiger partial charge in [-0.3, -0.25) is 0 Å². The van der Waals surface area contributed by atoms with E-state index in [1.165, 1.54) is 25.1 Å². The second-order valence-corrected chi connectivity index (χ2v) is 9.58. The van der Waals surface area contributed by atoms with Gasteiger partial charge >= 0.3 is 18.2 Å². The molecule has 3 aromatic heterocycles. The first kappa shape index (κ1) is 25.2. The van der Waals surface area contributed by atoms with Crippen LogP contribution in [0.1, 0.15) is 12.5 Å². The van der Waals surface area contributed by atoms with Crippen LogP contribution in [0.4, 0.5) is 26.3 Å². The zero-order valence-corrected chi connectivity index (χ0v) is 18.8. The highest BCUT2D eigenvalue weighted by Crippen LogP contribution is 2.30. The minimum atomic E-state index is -4.90. The molecule has 0 fully saturated rings. The van der Waals surface area contributed by atoms with Crippen LogP contribution in [-0.2, 0) is 16.0 Å². The van der Waals surface area contributed by atoms with Gasteiger partial charge in [0, 0.05) is 11.8 Å². The fourth-order valence-corrected chi connectivity index (χ4v) is 4.25. The molecular formula is C21H14F6N4O4S. The van der Waals surface area contributed by atoms with Crippen LogP contribution in [0.25, 0.3) is 22.7 Å². The molecule has 0 atom stereocenters. The molecule has 190 valence electrons. The van der Waals surface area contributed by atoms with Crippen molar-refractivity contribution in [3.8, 4) is 22.8 Å². The van der Waals surface area contributed by atoms with Gasteiger partial charge in [0.2, 0.25) is 0 Å². The zero-order chi connectivity index (χ0) is 26.5. The molecule has 4 aromatic rings. The maximum atomic E-state index is 13.1. The number of aromatic nitrogens is 4. The number of hydrogen-bond acceptors (Lipinski definition) is 6. The van der Waals surface area contributed by atoms with Crippen LogP contribution in [0.5, 0.6) is 5.75 Å². The smallest absolute Gasteiger partial charge is 0.406 e. The number of rotatable bonds is 5. The first-order valence-corrected chi connectivity index (χ1v) is 11.6. The van der Waals surface area contributed by atoms with E-state index in [0.29, 0.717) is 21.3 Å². The van der Waals surface area contributed by atoms with Crippen LogP contribution in [0.2, 0.25) is 0 Å². The number of halogens is 6. The Hall–Kier alpha value is -3.88. The van der Waals surface area contributed by atoms with E-state index in [1.807, 2.05) is 0 Å². The van der Waals surface area contributed by atoms with Gasteiger partial charge in [0.15, 0.2) is 21.3 Å². The van der Waals surface area contributed by atoms with Crippen molar-refractivity contribution in [2.24, 2.45) is 0 Å². The Bertz CT molecular complexity index is 1610. The van der Waals surface area contributed by atoms with E-state index in [4.69, 9.17) is 0 Å². The van der Waals surface area contributed by atoms with Crippen molar-refractivity contribution in [1.82, 2.24) is 19.2 Å². The molecule has 3 heterocycles. The zero-order valence-electron chi connectivity index (χ0n) is 18.0. The molecule has 0 saturated carbocycles. The van der Waals surface area contributed by atoms with E-state index < -0.39 is 50.1 Å². The van der Waals surface area contributed by atoms with Gasteiger partial charge in [-0.25, -0.2) is 22.6 Å². The number of ether oxygens (including phenoxy) is 1. The average Bonchev–Trinajstić information content (AvgIpc) is 3.13.